The predicted molar refractivity (Wildman–Crippen MR) is 108 cm³/mol. The fraction of sp³-hybridized carbons (Fsp3) is 0.476. The van der Waals surface area contributed by atoms with E-state index in [2.05, 4.69) is 57.3 Å². The maximum atomic E-state index is 8.54. The second-order valence-corrected chi connectivity index (χ2v) is 7.39. The van der Waals surface area contributed by atoms with Crippen LogP contribution in [-0.4, -0.2) is 56.7 Å². The molecule has 0 atom stereocenters. The highest BCUT2D eigenvalue weighted by molar-refractivity contribution is 5.75. The molecule has 1 spiro atoms. The highest BCUT2D eigenvalue weighted by Crippen LogP contribution is 2.48. The lowest BCUT2D eigenvalue weighted by molar-refractivity contribution is -0.0826. The summed E-state index contributed by atoms with van der Waals surface area (Å²) in [6.07, 6.45) is 5.59. The lowest BCUT2D eigenvalue weighted by atomic mass is 9.60. The van der Waals surface area contributed by atoms with Crippen molar-refractivity contribution in [1.29, 1.82) is 5.26 Å². The van der Waals surface area contributed by atoms with Crippen molar-refractivity contribution in [1.82, 2.24) is 10.2 Å². The van der Waals surface area contributed by atoms with Crippen LogP contribution in [0.15, 0.2) is 52.3 Å². The number of aliphatic imine (C=N–C) groups is 2. The number of hydrogen-bond acceptors (Lipinski definition) is 6. The molecule has 0 aromatic heterocycles. The molecule has 1 aliphatic heterocycles. The third kappa shape index (κ3) is 5.49. The van der Waals surface area contributed by atoms with Crippen molar-refractivity contribution in [3.8, 4) is 6.07 Å². The van der Waals surface area contributed by atoms with Crippen molar-refractivity contribution in [2.45, 2.75) is 25.4 Å². The Balaban J connectivity index is 1.27. The Labute approximate surface area is 161 Å². The predicted octanol–water partition coefficient (Wildman–Crippen LogP) is 2.39. The van der Waals surface area contributed by atoms with Gasteiger partial charge in [-0.25, -0.2) is 0 Å². The number of ether oxygens (including phenoxy) is 1. The zero-order valence-corrected chi connectivity index (χ0v) is 15.7. The molecule has 2 aliphatic rings. The molecule has 1 aliphatic carbocycles. The van der Waals surface area contributed by atoms with Gasteiger partial charge in [0.25, 0.3) is 0 Å². The van der Waals surface area contributed by atoms with Crippen molar-refractivity contribution in [2.24, 2.45) is 15.4 Å². The number of likely N-dealkylation sites (tertiary alicyclic amines) is 1. The topological polar surface area (TPSA) is 73.0 Å². The first kappa shape index (κ1) is 19.3. The van der Waals surface area contributed by atoms with Gasteiger partial charge in [0.15, 0.2) is 12.4 Å². The van der Waals surface area contributed by atoms with Gasteiger partial charge in [0, 0.05) is 32.2 Å². The van der Waals surface area contributed by atoms with Crippen molar-refractivity contribution in [2.75, 3.05) is 32.8 Å². The molecule has 1 aromatic rings. The van der Waals surface area contributed by atoms with Gasteiger partial charge in [0.2, 0.25) is 0 Å². The summed E-state index contributed by atoms with van der Waals surface area (Å²) in [5, 5.41) is 12.1. The van der Waals surface area contributed by atoms with Crippen molar-refractivity contribution >= 4 is 12.9 Å². The fourth-order valence-electron chi connectivity index (χ4n) is 4.05. The second kappa shape index (κ2) is 9.45. The summed E-state index contributed by atoms with van der Waals surface area (Å²) >= 11 is 0. The zero-order chi connectivity index (χ0) is 19.0. The highest BCUT2D eigenvalue weighted by atomic mass is 16.5. The van der Waals surface area contributed by atoms with Crippen LogP contribution in [0, 0.1) is 16.7 Å². The van der Waals surface area contributed by atoms with Gasteiger partial charge in [-0.05, 0) is 30.5 Å². The molecule has 1 heterocycles. The van der Waals surface area contributed by atoms with E-state index in [0.29, 0.717) is 23.8 Å². The van der Waals surface area contributed by atoms with Crippen molar-refractivity contribution < 1.29 is 4.74 Å². The van der Waals surface area contributed by atoms with Crippen LogP contribution in [0.2, 0.25) is 0 Å². The molecule has 0 radical (unpaired) electrons. The van der Waals surface area contributed by atoms with Gasteiger partial charge in [-0.1, -0.05) is 30.3 Å². The molecule has 1 saturated carbocycles. The minimum Gasteiger partial charge on any atom is -0.476 e. The van der Waals surface area contributed by atoms with Crippen LogP contribution in [0.4, 0.5) is 0 Å². The minimum atomic E-state index is -0.0168. The van der Waals surface area contributed by atoms with E-state index in [1.54, 1.807) is 6.21 Å². The number of rotatable bonds is 10. The Morgan fingerprint density at radius 1 is 1.37 bits per heavy atom. The van der Waals surface area contributed by atoms with Crippen LogP contribution in [0.5, 0.6) is 0 Å². The summed E-state index contributed by atoms with van der Waals surface area (Å²) in [6.45, 7) is 8.39. The lowest BCUT2D eigenvalue weighted by Crippen LogP contribution is -2.65. The lowest BCUT2D eigenvalue weighted by Gasteiger charge is -2.59. The largest absolute Gasteiger partial charge is 0.476 e. The summed E-state index contributed by atoms with van der Waals surface area (Å²) in [4.78, 5) is 10.5. The molecule has 3 rings (SSSR count). The Morgan fingerprint density at radius 3 is 2.85 bits per heavy atom. The number of nitrogens with one attached hydrogen (secondary N) is 1. The third-order valence-electron chi connectivity index (χ3n) is 5.14. The van der Waals surface area contributed by atoms with E-state index in [4.69, 9.17) is 10.00 Å². The van der Waals surface area contributed by atoms with E-state index in [1.807, 2.05) is 6.07 Å². The molecule has 1 saturated heterocycles. The first-order chi connectivity index (χ1) is 13.2. The zero-order valence-electron chi connectivity index (χ0n) is 15.7. The SMILES string of the molecule is C=N/C=C(\C=NCCNC1CC2(C1)CN(Cc1ccccc1)C2)OCC#N. The first-order valence-electron chi connectivity index (χ1n) is 9.38. The third-order valence-corrected chi connectivity index (χ3v) is 5.14. The van der Waals surface area contributed by atoms with Crippen LogP contribution in [0.3, 0.4) is 0 Å². The van der Waals surface area contributed by atoms with Gasteiger partial charge in [0.05, 0.1) is 19.0 Å². The number of allylic oxidation sites excluding steroid dienone is 1. The summed E-state index contributed by atoms with van der Waals surface area (Å²) in [5.74, 6) is 0.460. The summed E-state index contributed by atoms with van der Waals surface area (Å²) in [7, 11) is 0. The van der Waals surface area contributed by atoms with Crippen molar-refractivity contribution in [3.05, 3.63) is 47.9 Å². The molecular formula is C21H27N5O. The smallest absolute Gasteiger partial charge is 0.174 e. The Morgan fingerprint density at radius 2 is 2.15 bits per heavy atom. The molecule has 0 bridgehead atoms. The maximum absolute atomic E-state index is 8.54. The van der Waals surface area contributed by atoms with Crippen molar-refractivity contribution in [3.63, 3.8) is 0 Å². The van der Waals surface area contributed by atoms with E-state index in [-0.39, 0.29) is 6.61 Å². The van der Waals surface area contributed by atoms with Gasteiger partial charge < -0.3 is 10.1 Å². The molecular weight excluding hydrogens is 338 g/mol. The first-order valence-corrected chi connectivity index (χ1v) is 9.38. The monoisotopic (exact) mass is 365 g/mol. The second-order valence-electron chi connectivity index (χ2n) is 7.39. The molecule has 6 nitrogen and oxygen atoms in total. The van der Waals surface area contributed by atoms with Gasteiger partial charge >= 0.3 is 0 Å². The molecule has 27 heavy (non-hydrogen) atoms. The fourth-order valence-corrected chi connectivity index (χ4v) is 4.05. The molecule has 1 N–H and O–H groups in total. The number of nitrogens with zero attached hydrogens (tertiary/aromatic N) is 4. The molecule has 2 fully saturated rings. The molecule has 1 aromatic carbocycles. The van der Waals surface area contributed by atoms with E-state index < -0.39 is 0 Å². The van der Waals surface area contributed by atoms with E-state index in [1.165, 1.54) is 37.7 Å². The Bertz CT molecular complexity index is 708. The maximum Gasteiger partial charge on any atom is 0.174 e. The van der Waals surface area contributed by atoms with Crippen LogP contribution >= 0.6 is 0 Å². The van der Waals surface area contributed by atoms with E-state index in [0.717, 1.165) is 13.1 Å². The van der Waals surface area contributed by atoms with Crippen LogP contribution in [-0.2, 0) is 11.3 Å². The van der Waals surface area contributed by atoms with Crippen LogP contribution in [0.1, 0.15) is 18.4 Å². The number of hydrogen-bond donors (Lipinski definition) is 1. The van der Waals surface area contributed by atoms with Gasteiger partial charge in [-0.2, -0.15) is 5.26 Å². The van der Waals surface area contributed by atoms with Crippen LogP contribution in [0.25, 0.3) is 0 Å². The highest BCUT2D eigenvalue weighted by Gasteiger charge is 2.51. The molecule has 0 amide bonds. The van der Waals surface area contributed by atoms with Gasteiger partial charge in [-0.15, -0.1) is 0 Å². The van der Waals surface area contributed by atoms with Gasteiger partial charge in [-0.3, -0.25) is 14.9 Å². The number of benzene rings is 1. The Kier molecular flexibility index (Phi) is 6.74. The number of nitriles is 1. The molecule has 6 heteroatoms. The van der Waals surface area contributed by atoms with E-state index >= 15 is 0 Å². The summed E-state index contributed by atoms with van der Waals surface area (Å²) in [5.41, 5.74) is 1.95. The summed E-state index contributed by atoms with van der Waals surface area (Å²) in [6, 6.07) is 13.2. The van der Waals surface area contributed by atoms with E-state index in [9.17, 15) is 0 Å². The standard InChI is InChI=1S/C21H27N5O/c1-23-13-20(27-10-7-22)14-24-8-9-25-19-11-21(12-19)16-26(17-21)15-18-5-3-2-4-6-18/h2-6,13-14,19,25H,1,8-12,15-17H2/b20-13+,24-14?. The van der Waals surface area contributed by atoms with Crippen LogP contribution < -0.4 is 5.32 Å². The summed E-state index contributed by atoms with van der Waals surface area (Å²) < 4.78 is 5.19. The molecule has 0 unspecified atom stereocenters. The average molecular weight is 365 g/mol. The molecule has 142 valence electrons. The average Bonchev–Trinajstić information content (AvgIpc) is 2.62. The Hall–Kier alpha value is -2.49. The minimum absolute atomic E-state index is 0.0168. The normalized spacial score (nSPS) is 19.4. The quantitative estimate of drug-likeness (QED) is 0.393. The van der Waals surface area contributed by atoms with Gasteiger partial charge in [0.1, 0.15) is 6.07 Å².